The Hall–Kier alpha value is -1.70. The summed E-state index contributed by atoms with van der Waals surface area (Å²) in [7, 11) is 2.06. The van der Waals surface area contributed by atoms with Crippen LogP contribution in [0.5, 0.6) is 0 Å². The number of amides is 1. The van der Waals surface area contributed by atoms with E-state index in [1.807, 2.05) is 17.5 Å². The number of nitrogens with one attached hydrogen (secondary N) is 2. The molecule has 3 N–H and O–H groups in total. The summed E-state index contributed by atoms with van der Waals surface area (Å²) in [6.45, 7) is 1.73. The number of aliphatic hydroxyl groups is 1. The second-order valence-electron chi connectivity index (χ2n) is 6.87. The predicted octanol–water partition coefficient (Wildman–Crippen LogP) is 1.70. The van der Waals surface area contributed by atoms with E-state index in [0.717, 1.165) is 48.5 Å². The molecule has 128 valence electrons. The number of rotatable bonds is 4. The second-order valence-corrected chi connectivity index (χ2v) is 7.85. The molecule has 0 unspecified atom stereocenters. The van der Waals surface area contributed by atoms with E-state index in [9.17, 15) is 9.90 Å². The van der Waals surface area contributed by atoms with Crippen molar-refractivity contribution in [1.82, 2.24) is 20.4 Å². The van der Waals surface area contributed by atoms with Gasteiger partial charge in [0.05, 0.1) is 12.1 Å². The lowest BCUT2D eigenvalue weighted by atomic mass is 9.76. The van der Waals surface area contributed by atoms with E-state index in [1.165, 1.54) is 0 Å². The molecular formula is C17H22N4O2S. The minimum atomic E-state index is -0.235. The first-order valence-corrected chi connectivity index (χ1v) is 9.26. The van der Waals surface area contributed by atoms with E-state index in [0.29, 0.717) is 11.6 Å². The van der Waals surface area contributed by atoms with Crippen LogP contribution in [-0.2, 0) is 13.0 Å². The maximum Gasteiger partial charge on any atom is 0.272 e. The summed E-state index contributed by atoms with van der Waals surface area (Å²) in [5, 5.41) is 22.1. The number of hydrogen-bond acceptors (Lipinski definition) is 5. The Morgan fingerprint density at radius 3 is 3.08 bits per heavy atom. The van der Waals surface area contributed by atoms with Crippen molar-refractivity contribution < 1.29 is 9.90 Å². The number of fused-ring (bicyclic) bond motifs is 1. The van der Waals surface area contributed by atoms with Crippen molar-refractivity contribution in [3.63, 3.8) is 0 Å². The molecule has 2 aliphatic rings. The number of aromatic nitrogens is 2. The highest BCUT2D eigenvalue weighted by Crippen LogP contribution is 2.39. The summed E-state index contributed by atoms with van der Waals surface area (Å²) in [6.07, 6.45) is 2.14. The lowest BCUT2D eigenvalue weighted by Crippen LogP contribution is -2.41. The molecule has 1 aliphatic heterocycles. The van der Waals surface area contributed by atoms with Crippen molar-refractivity contribution in [2.24, 2.45) is 5.92 Å². The number of thiophene rings is 1. The maximum atomic E-state index is 12.8. The Morgan fingerprint density at radius 2 is 2.38 bits per heavy atom. The average Bonchev–Trinajstić information content (AvgIpc) is 3.18. The summed E-state index contributed by atoms with van der Waals surface area (Å²) in [4.78, 5) is 16.2. The lowest BCUT2D eigenvalue weighted by molar-refractivity contribution is 0.0240. The Balaban J connectivity index is 1.55. The highest BCUT2D eigenvalue weighted by molar-refractivity contribution is 7.10. The molecule has 7 heteroatoms. The number of carbonyl (C=O) groups is 1. The third kappa shape index (κ3) is 2.87. The van der Waals surface area contributed by atoms with Gasteiger partial charge in [-0.25, -0.2) is 0 Å². The molecule has 24 heavy (non-hydrogen) atoms. The van der Waals surface area contributed by atoms with E-state index >= 15 is 0 Å². The Labute approximate surface area is 144 Å². The molecule has 4 rings (SSSR count). The first-order chi connectivity index (χ1) is 11.6. The van der Waals surface area contributed by atoms with Crippen LogP contribution in [0.3, 0.4) is 0 Å². The van der Waals surface area contributed by atoms with Gasteiger partial charge in [-0.3, -0.25) is 9.89 Å². The van der Waals surface area contributed by atoms with Gasteiger partial charge in [0.15, 0.2) is 5.69 Å². The van der Waals surface area contributed by atoms with Crippen LogP contribution in [0.4, 0.5) is 0 Å². The van der Waals surface area contributed by atoms with Crippen LogP contribution in [0, 0.1) is 5.92 Å². The van der Waals surface area contributed by atoms with Crippen LogP contribution in [0.1, 0.15) is 45.5 Å². The van der Waals surface area contributed by atoms with Gasteiger partial charge in [0.1, 0.15) is 0 Å². The van der Waals surface area contributed by atoms with Crippen molar-refractivity contribution in [2.75, 3.05) is 13.6 Å². The largest absolute Gasteiger partial charge is 0.393 e. The van der Waals surface area contributed by atoms with Crippen molar-refractivity contribution in [3.05, 3.63) is 39.3 Å². The van der Waals surface area contributed by atoms with Gasteiger partial charge in [-0.1, -0.05) is 6.07 Å². The highest BCUT2D eigenvalue weighted by atomic mass is 32.1. The molecule has 0 saturated heterocycles. The minimum absolute atomic E-state index is 0.0467. The number of aromatic amines is 1. The first kappa shape index (κ1) is 15.8. The Morgan fingerprint density at radius 1 is 1.54 bits per heavy atom. The predicted molar refractivity (Wildman–Crippen MR) is 91.9 cm³/mol. The van der Waals surface area contributed by atoms with Gasteiger partial charge in [0.25, 0.3) is 5.91 Å². The first-order valence-electron chi connectivity index (χ1n) is 8.39. The van der Waals surface area contributed by atoms with Crippen molar-refractivity contribution in [3.8, 4) is 0 Å². The molecule has 1 aliphatic carbocycles. The van der Waals surface area contributed by atoms with Crippen molar-refractivity contribution >= 4 is 17.2 Å². The monoisotopic (exact) mass is 346 g/mol. The van der Waals surface area contributed by atoms with Gasteiger partial charge in [-0.2, -0.15) is 5.10 Å². The van der Waals surface area contributed by atoms with E-state index < -0.39 is 0 Å². The average molecular weight is 346 g/mol. The van der Waals surface area contributed by atoms with Crippen molar-refractivity contribution in [2.45, 2.75) is 38.0 Å². The molecule has 0 aromatic carbocycles. The highest BCUT2D eigenvalue weighted by Gasteiger charge is 2.37. The number of likely N-dealkylation sites (N-methyl/N-ethyl adjacent to an activating group) is 1. The zero-order valence-electron chi connectivity index (χ0n) is 13.7. The molecule has 0 spiro atoms. The van der Waals surface area contributed by atoms with Crippen LogP contribution >= 0.6 is 11.3 Å². The molecule has 1 fully saturated rings. The molecule has 1 amide bonds. The molecule has 0 radical (unpaired) electrons. The summed E-state index contributed by atoms with van der Waals surface area (Å²) in [5.41, 5.74) is 2.60. The fraction of sp³-hybridized carbons (Fsp3) is 0.529. The minimum Gasteiger partial charge on any atom is -0.393 e. The zero-order chi connectivity index (χ0) is 16.7. The lowest BCUT2D eigenvalue weighted by Gasteiger charge is -2.37. The molecular weight excluding hydrogens is 324 g/mol. The smallest absolute Gasteiger partial charge is 0.272 e. The van der Waals surface area contributed by atoms with Crippen LogP contribution in [0.15, 0.2) is 17.5 Å². The van der Waals surface area contributed by atoms with Gasteiger partial charge in [0, 0.05) is 35.6 Å². The second kappa shape index (κ2) is 6.31. The van der Waals surface area contributed by atoms with Gasteiger partial charge in [-0.15, -0.1) is 11.3 Å². The number of aliphatic hydroxyl groups excluding tert-OH is 1. The van der Waals surface area contributed by atoms with Crippen molar-refractivity contribution in [1.29, 1.82) is 0 Å². The van der Waals surface area contributed by atoms with Crippen LogP contribution in [0.2, 0.25) is 0 Å². The third-order valence-electron chi connectivity index (χ3n) is 5.10. The number of hydrogen-bond donors (Lipinski definition) is 3. The Bertz CT molecular complexity index is 721. The topological polar surface area (TPSA) is 81.2 Å². The van der Waals surface area contributed by atoms with E-state index in [-0.39, 0.29) is 18.1 Å². The molecule has 2 aromatic rings. The molecule has 1 atom stereocenters. The summed E-state index contributed by atoms with van der Waals surface area (Å²) < 4.78 is 0. The molecule has 1 saturated carbocycles. The van der Waals surface area contributed by atoms with Gasteiger partial charge >= 0.3 is 0 Å². The normalized spacial score (nSPS) is 24.9. The Kier molecular flexibility index (Phi) is 4.15. The summed E-state index contributed by atoms with van der Waals surface area (Å²) in [5.74, 6) is 0.169. The number of H-pyrrole nitrogens is 1. The molecule has 6 nitrogen and oxygen atoms in total. The quantitative estimate of drug-likeness (QED) is 0.787. The summed E-state index contributed by atoms with van der Waals surface area (Å²) >= 11 is 1.65. The van der Waals surface area contributed by atoms with E-state index in [1.54, 1.807) is 11.3 Å². The van der Waals surface area contributed by atoms with Gasteiger partial charge in [0.2, 0.25) is 0 Å². The number of nitrogens with zero attached hydrogens (tertiary/aromatic N) is 2. The van der Waals surface area contributed by atoms with E-state index in [2.05, 4.69) is 27.5 Å². The van der Waals surface area contributed by atoms with Crippen LogP contribution in [0.25, 0.3) is 0 Å². The molecule has 3 heterocycles. The fourth-order valence-corrected chi connectivity index (χ4v) is 4.49. The fourth-order valence-electron chi connectivity index (χ4n) is 3.62. The number of carbonyl (C=O) groups excluding carboxylic acids is 1. The summed E-state index contributed by atoms with van der Waals surface area (Å²) in [6, 6.07) is 4.00. The SMILES string of the molecule is CN1CCc2[nH]nc(C(=O)N[C@H](c3cccs3)C3CC(O)C3)c2C1. The maximum absolute atomic E-state index is 12.8. The third-order valence-corrected chi connectivity index (χ3v) is 6.05. The molecule has 2 aromatic heterocycles. The standard InChI is InChI=1S/C17H22N4O2S/c1-21-5-4-13-12(9-21)16(20-19-13)17(23)18-15(10-7-11(22)8-10)14-3-2-6-24-14/h2-3,6,10-11,15,22H,4-5,7-9H2,1H3,(H,18,23)(H,19,20)/t10?,11?,15-/m0/s1. The van der Waals surface area contributed by atoms with Crippen LogP contribution in [-0.4, -0.2) is 45.8 Å². The van der Waals surface area contributed by atoms with E-state index in [4.69, 9.17) is 0 Å². The van der Waals surface area contributed by atoms with Gasteiger partial charge < -0.3 is 15.3 Å². The van der Waals surface area contributed by atoms with Crippen LogP contribution < -0.4 is 5.32 Å². The molecule has 0 bridgehead atoms. The zero-order valence-corrected chi connectivity index (χ0v) is 14.5. The van der Waals surface area contributed by atoms with Gasteiger partial charge in [-0.05, 0) is 37.3 Å².